The first-order valence-electron chi connectivity index (χ1n) is 9.57. The molecule has 0 unspecified atom stereocenters. The number of carbonyl (C=O) groups excluding carboxylic acids is 1. The van der Waals surface area contributed by atoms with Crippen LogP contribution in [-0.2, 0) is 11.3 Å². The van der Waals surface area contributed by atoms with Crippen LogP contribution in [0.4, 0.5) is 4.39 Å². The number of hydrogen-bond donors (Lipinski definition) is 1. The van der Waals surface area contributed by atoms with E-state index in [1.807, 2.05) is 42.5 Å². The molecule has 4 nitrogen and oxygen atoms in total. The first kappa shape index (κ1) is 16.6. The summed E-state index contributed by atoms with van der Waals surface area (Å²) in [7, 11) is 0. The first-order valence-corrected chi connectivity index (χ1v) is 9.57. The van der Waals surface area contributed by atoms with E-state index < -0.39 is 5.54 Å². The molecule has 1 saturated heterocycles. The highest BCUT2D eigenvalue weighted by Gasteiger charge is 2.59. The van der Waals surface area contributed by atoms with Crippen molar-refractivity contribution < 1.29 is 9.18 Å². The van der Waals surface area contributed by atoms with E-state index in [2.05, 4.69) is 10.2 Å². The van der Waals surface area contributed by atoms with Gasteiger partial charge in [-0.25, -0.2) is 4.39 Å². The van der Waals surface area contributed by atoms with E-state index in [0.717, 1.165) is 43.6 Å². The lowest BCUT2D eigenvalue weighted by molar-refractivity contribution is -0.125. The fraction of sp³-hybridized carbons (Fsp3) is 0.364. The molecule has 138 valence electrons. The Morgan fingerprint density at radius 3 is 2.67 bits per heavy atom. The molecule has 1 spiro atoms. The van der Waals surface area contributed by atoms with Crippen molar-refractivity contribution in [3.05, 3.63) is 71.5 Å². The zero-order valence-electron chi connectivity index (χ0n) is 15.1. The van der Waals surface area contributed by atoms with Crippen molar-refractivity contribution in [1.82, 2.24) is 10.2 Å². The lowest BCUT2D eigenvalue weighted by Crippen LogP contribution is -2.44. The van der Waals surface area contributed by atoms with Gasteiger partial charge in [-0.3, -0.25) is 14.7 Å². The quantitative estimate of drug-likeness (QED) is 0.911. The zero-order chi connectivity index (χ0) is 18.4. The molecule has 2 fully saturated rings. The number of amidine groups is 1. The molecule has 0 radical (unpaired) electrons. The minimum absolute atomic E-state index is 0.0532. The lowest BCUT2D eigenvalue weighted by atomic mass is 9.85. The molecule has 1 amide bonds. The average Bonchev–Trinajstić information content (AvgIpc) is 3.34. The van der Waals surface area contributed by atoms with Crippen molar-refractivity contribution in [1.29, 1.82) is 0 Å². The summed E-state index contributed by atoms with van der Waals surface area (Å²) >= 11 is 0. The van der Waals surface area contributed by atoms with E-state index >= 15 is 0 Å². The number of hydrogen-bond acceptors (Lipinski definition) is 3. The van der Waals surface area contributed by atoms with Crippen LogP contribution in [0.25, 0.3) is 0 Å². The molecule has 5 heteroatoms. The number of nitrogens with one attached hydrogen (secondary N) is 1. The highest BCUT2D eigenvalue weighted by atomic mass is 19.1. The Hall–Kier alpha value is -2.53. The van der Waals surface area contributed by atoms with E-state index in [9.17, 15) is 9.18 Å². The number of likely N-dealkylation sites (tertiary alicyclic amines) is 1. The maximum atomic E-state index is 13.1. The van der Waals surface area contributed by atoms with Gasteiger partial charge in [0.25, 0.3) is 5.91 Å². The van der Waals surface area contributed by atoms with Crippen molar-refractivity contribution in [3.8, 4) is 0 Å². The number of fused-ring (bicyclic) bond motifs is 2. The van der Waals surface area contributed by atoms with Crippen LogP contribution in [0.5, 0.6) is 0 Å². The van der Waals surface area contributed by atoms with Crippen LogP contribution >= 0.6 is 0 Å². The molecule has 2 aromatic rings. The smallest absolute Gasteiger partial charge is 0.253 e. The fourth-order valence-corrected chi connectivity index (χ4v) is 5.01. The number of carbonyl (C=O) groups is 1. The molecule has 0 aromatic heterocycles. The van der Waals surface area contributed by atoms with Gasteiger partial charge in [0.15, 0.2) is 0 Å². The summed E-state index contributed by atoms with van der Waals surface area (Å²) in [5, 5.41) is 3.04. The molecule has 2 aromatic carbocycles. The maximum absolute atomic E-state index is 13.1. The average molecular weight is 363 g/mol. The van der Waals surface area contributed by atoms with Crippen LogP contribution in [0.2, 0.25) is 0 Å². The molecular formula is C22H22FN3O. The number of nitrogens with zero attached hydrogens (tertiary/aromatic N) is 2. The van der Waals surface area contributed by atoms with Crippen LogP contribution in [0, 0.1) is 17.7 Å². The molecule has 0 bridgehead atoms. The summed E-state index contributed by atoms with van der Waals surface area (Å²) in [6, 6.07) is 16.6. The van der Waals surface area contributed by atoms with Crippen molar-refractivity contribution >= 4 is 11.7 Å². The number of aliphatic imine (C=N–C) groups is 1. The van der Waals surface area contributed by atoms with Crippen LogP contribution < -0.4 is 5.32 Å². The van der Waals surface area contributed by atoms with Gasteiger partial charge in [-0.1, -0.05) is 42.5 Å². The van der Waals surface area contributed by atoms with Crippen LogP contribution in [-0.4, -0.2) is 35.3 Å². The number of halogens is 1. The van der Waals surface area contributed by atoms with Gasteiger partial charge in [-0.2, -0.15) is 0 Å². The predicted octanol–water partition coefficient (Wildman–Crippen LogP) is 2.98. The SMILES string of the molecule is O=C1NC(c2ccccc2)=N[C@@]12CC[C@@H]1CN(Cc3ccc(F)cc3)C[C@@H]12. The van der Waals surface area contributed by atoms with Crippen molar-refractivity contribution in [2.45, 2.75) is 24.9 Å². The third-order valence-electron chi connectivity index (χ3n) is 6.33. The summed E-state index contributed by atoms with van der Waals surface area (Å²) < 4.78 is 13.1. The maximum Gasteiger partial charge on any atom is 0.253 e. The van der Waals surface area contributed by atoms with Crippen molar-refractivity contribution in [2.75, 3.05) is 13.1 Å². The van der Waals surface area contributed by atoms with Gasteiger partial charge in [-0.05, 0) is 36.5 Å². The highest BCUT2D eigenvalue weighted by molar-refractivity contribution is 6.15. The number of amides is 1. The third kappa shape index (κ3) is 2.77. The van der Waals surface area contributed by atoms with Crippen molar-refractivity contribution in [3.63, 3.8) is 0 Å². The monoisotopic (exact) mass is 363 g/mol. The normalized spacial score (nSPS) is 29.8. The van der Waals surface area contributed by atoms with Gasteiger partial charge < -0.3 is 5.32 Å². The summed E-state index contributed by atoms with van der Waals surface area (Å²) in [5.41, 5.74) is 1.45. The zero-order valence-corrected chi connectivity index (χ0v) is 15.1. The highest BCUT2D eigenvalue weighted by Crippen LogP contribution is 2.49. The second-order valence-electron chi connectivity index (χ2n) is 7.93. The van der Waals surface area contributed by atoms with E-state index in [4.69, 9.17) is 4.99 Å². The Labute approximate surface area is 158 Å². The van der Waals surface area contributed by atoms with Gasteiger partial charge in [0.05, 0.1) is 0 Å². The molecule has 3 atom stereocenters. The molecule has 2 heterocycles. The Kier molecular flexibility index (Phi) is 3.86. The molecule has 2 aliphatic heterocycles. The standard InChI is InChI=1S/C22H22FN3O/c23-18-8-6-15(7-9-18)12-26-13-17-10-11-22(19(17)14-26)21(27)24-20(25-22)16-4-2-1-3-5-16/h1-9,17,19H,10-14H2,(H,24,25,27)/t17-,19+,22-/m1/s1. The number of rotatable bonds is 3. The molecule has 5 rings (SSSR count). The van der Waals surface area contributed by atoms with Gasteiger partial charge in [0, 0.05) is 31.1 Å². The summed E-state index contributed by atoms with van der Waals surface area (Å²) in [6.07, 6.45) is 1.86. The van der Waals surface area contributed by atoms with Gasteiger partial charge in [0.1, 0.15) is 17.2 Å². The second-order valence-corrected chi connectivity index (χ2v) is 7.93. The minimum Gasteiger partial charge on any atom is -0.308 e. The van der Waals surface area contributed by atoms with Crippen LogP contribution in [0.1, 0.15) is 24.0 Å². The Morgan fingerprint density at radius 2 is 1.89 bits per heavy atom. The van der Waals surface area contributed by atoms with Crippen molar-refractivity contribution in [2.24, 2.45) is 16.8 Å². The van der Waals surface area contributed by atoms with Gasteiger partial charge >= 0.3 is 0 Å². The van der Waals surface area contributed by atoms with E-state index in [-0.39, 0.29) is 17.6 Å². The Bertz CT molecular complexity index is 896. The molecule has 1 N–H and O–H groups in total. The van der Waals surface area contributed by atoms with Crippen LogP contribution in [0.15, 0.2) is 59.6 Å². The third-order valence-corrected chi connectivity index (χ3v) is 6.33. The summed E-state index contributed by atoms with van der Waals surface area (Å²) in [5.74, 6) is 1.30. The summed E-state index contributed by atoms with van der Waals surface area (Å²) in [4.78, 5) is 20.3. The lowest BCUT2D eigenvalue weighted by Gasteiger charge is -2.25. The topological polar surface area (TPSA) is 44.7 Å². The summed E-state index contributed by atoms with van der Waals surface area (Å²) in [6.45, 7) is 2.63. The van der Waals surface area contributed by atoms with Crippen LogP contribution in [0.3, 0.4) is 0 Å². The van der Waals surface area contributed by atoms with Gasteiger partial charge in [0.2, 0.25) is 0 Å². The molecular weight excluding hydrogens is 341 g/mol. The largest absolute Gasteiger partial charge is 0.308 e. The van der Waals surface area contributed by atoms with E-state index in [1.165, 1.54) is 12.1 Å². The molecule has 3 aliphatic rings. The Morgan fingerprint density at radius 1 is 1.11 bits per heavy atom. The van der Waals surface area contributed by atoms with E-state index in [1.54, 1.807) is 0 Å². The Balaban J connectivity index is 1.37. The first-order chi connectivity index (χ1) is 13.1. The van der Waals surface area contributed by atoms with E-state index in [0.29, 0.717) is 11.8 Å². The minimum atomic E-state index is -0.618. The number of benzene rings is 2. The molecule has 1 saturated carbocycles. The second kappa shape index (κ2) is 6.27. The predicted molar refractivity (Wildman–Crippen MR) is 102 cm³/mol. The van der Waals surface area contributed by atoms with Gasteiger partial charge in [-0.15, -0.1) is 0 Å². The molecule has 27 heavy (non-hydrogen) atoms. The molecule has 1 aliphatic carbocycles. The fourth-order valence-electron chi connectivity index (χ4n) is 5.01.